The van der Waals surface area contributed by atoms with Gasteiger partial charge in [0.1, 0.15) is 0 Å². The quantitative estimate of drug-likeness (QED) is 0.713. The summed E-state index contributed by atoms with van der Waals surface area (Å²) in [6, 6.07) is 0. The summed E-state index contributed by atoms with van der Waals surface area (Å²) in [5.74, 6) is 0. The molecule has 0 aliphatic carbocycles. The molecule has 13 heavy (non-hydrogen) atoms. The average molecular weight is 203 g/mol. The maximum Gasteiger partial charge on any atom is 0.237 e. The molecule has 0 rings (SSSR count). The Morgan fingerprint density at radius 2 is 1.62 bits per heavy atom. The van der Waals surface area contributed by atoms with Crippen LogP contribution in [0.3, 0.4) is 0 Å². The fraction of sp³-hybridized carbons (Fsp3) is 0.333. The van der Waals surface area contributed by atoms with E-state index in [1.54, 1.807) is 6.92 Å². The van der Waals surface area contributed by atoms with Gasteiger partial charge in [0, 0.05) is 0 Å². The lowest BCUT2D eigenvalue weighted by Crippen LogP contribution is -2.12. The summed E-state index contributed by atoms with van der Waals surface area (Å²) in [6.45, 7) is 12.5. The van der Waals surface area contributed by atoms with Crippen molar-refractivity contribution in [3.05, 3.63) is 35.8 Å². The summed E-state index contributed by atoms with van der Waals surface area (Å²) in [5.41, 5.74) is 0.745. The maximum absolute atomic E-state index is 10.5. The molecule has 76 valence electrons. The second kappa shape index (κ2) is 6.62. The molecule has 2 N–H and O–H groups in total. The van der Waals surface area contributed by atoms with Gasteiger partial charge in [0.25, 0.3) is 0 Å². The third-order valence-electron chi connectivity index (χ3n) is 0.919. The summed E-state index contributed by atoms with van der Waals surface area (Å²) < 4.78 is 21.1. The number of primary sulfonamides is 1. The first-order valence-corrected chi connectivity index (χ1v) is 5.44. The molecule has 0 aromatic carbocycles. The molecule has 0 bridgehead atoms. The van der Waals surface area contributed by atoms with E-state index in [1.807, 2.05) is 13.8 Å². The Labute approximate surface area is 80.7 Å². The molecule has 3 nitrogen and oxygen atoms in total. The van der Waals surface area contributed by atoms with E-state index in [2.05, 4.69) is 13.2 Å². The summed E-state index contributed by atoms with van der Waals surface area (Å²) in [7, 11) is -3.62. The standard InChI is InChI=1S/C7H11NO2S.C2H6/c1-6(2)4-5-7(3)11(8,9)10;1-2/h4-5H,1,3H2,2H3,(H2,8,9,10);1-2H3/b5-4-;. The molecule has 0 atom stereocenters. The highest BCUT2D eigenvalue weighted by atomic mass is 32.2. The Bertz CT molecular complexity index is 300. The van der Waals surface area contributed by atoms with Crippen LogP contribution in [0.1, 0.15) is 20.8 Å². The van der Waals surface area contributed by atoms with Crippen molar-refractivity contribution in [2.24, 2.45) is 5.14 Å². The molecule has 0 heterocycles. The van der Waals surface area contributed by atoms with Crippen LogP contribution in [0.4, 0.5) is 0 Å². The van der Waals surface area contributed by atoms with Crippen molar-refractivity contribution in [3.8, 4) is 0 Å². The van der Waals surface area contributed by atoms with Gasteiger partial charge in [-0.15, -0.1) is 0 Å². The van der Waals surface area contributed by atoms with E-state index in [-0.39, 0.29) is 4.91 Å². The highest BCUT2D eigenvalue weighted by molar-refractivity contribution is 7.93. The monoisotopic (exact) mass is 203 g/mol. The van der Waals surface area contributed by atoms with Crippen molar-refractivity contribution in [2.75, 3.05) is 0 Å². The smallest absolute Gasteiger partial charge is 0.225 e. The van der Waals surface area contributed by atoms with E-state index in [9.17, 15) is 8.42 Å². The first-order valence-electron chi connectivity index (χ1n) is 3.89. The molecule has 0 aromatic heterocycles. The van der Waals surface area contributed by atoms with E-state index < -0.39 is 10.0 Å². The topological polar surface area (TPSA) is 60.2 Å². The number of hydrogen-bond donors (Lipinski definition) is 1. The van der Waals surface area contributed by atoms with Crippen LogP contribution >= 0.6 is 0 Å². The molecule has 0 aromatic rings. The third kappa shape index (κ3) is 9.04. The van der Waals surface area contributed by atoms with Crippen LogP contribution in [0.15, 0.2) is 35.8 Å². The van der Waals surface area contributed by atoms with Crippen molar-refractivity contribution in [3.63, 3.8) is 0 Å². The van der Waals surface area contributed by atoms with Gasteiger partial charge in [-0.05, 0) is 13.0 Å². The Kier molecular flexibility index (Phi) is 7.46. The number of nitrogens with two attached hydrogens (primary N) is 1. The van der Waals surface area contributed by atoms with E-state index in [0.29, 0.717) is 0 Å². The zero-order chi connectivity index (χ0) is 11.1. The van der Waals surface area contributed by atoms with Crippen molar-refractivity contribution in [1.29, 1.82) is 0 Å². The molecule has 0 saturated heterocycles. The van der Waals surface area contributed by atoms with Gasteiger partial charge >= 0.3 is 0 Å². The van der Waals surface area contributed by atoms with Crippen LogP contribution < -0.4 is 5.14 Å². The molecule has 0 radical (unpaired) electrons. The van der Waals surface area contributed by atoms with Crippen molar-refractivity contribution in [1.82, 2.24) is 0 Å². The number of hydrogen-bond acceptors (Lipinski definition) is 2. The molecule has 0 aliphatic rings. The largest absolute Gasteiger partial charge is 0.237 e. The normalized spacial score (nSPS) is 10.5. The Morgan fingerprint density at radius 1 is 1.23 bits per heavy atom. The van der Waals surface area contributed by atoms with Gasteiger partial charge < -0.3 is 0 Å². The molecule has 0 saturated carbocycles. The molecule has 0 amide bonds. The lowest BCUT2D eigenvalue weighted by Gasteiger charge is -1.93. The molecule has 0 spiro atoms. The lowest BCUT2D eigenvalue weighted by atomic mass is 10.3. The average Bonchev–Trinajstić information content (AvgIpc) is 2.02. The van der Waals surface area contributed by atoms with E-state index in [0.717, 1.165) is 5.57 Å². The zero-order valence-electron chi connectivity index (χ0n) is 8.37. The molecular formula is C9H17NO2S. The summed E-state index contributed by atoms with van der Waals surface area (Å²) >= 11 is 0. The van der Waals surface area contributed by atoms with Gasteiger partial charge in [0.05, 0.1) is 4.91 Å². The fourth-order valence-corrected chi connectivity index (χ4v) is 0.588. The minimum Gasteiger partial charge on any atom is -0.225 e. The first-order chi connectivity index (χ1) is 5.84. The van der Waals surface area contributed by atoms with E-state index >= 15 is 0 Å². The van der Waals surface area contributed by atoms with Gasteiger partial charge in [-0.25, -0.2) is 13.6 Å². The van der Waals surface area contributed by atoms with E-state index in [4.69, 9.17) is 5.14 Å². The van der Waals surface area contributed by atoms with Gasteiger partial charge in [-0.2, -0.15) is 0 Å². The minimum atomic E-state index is -3.62. The van der Waals surface area contributed by atoms with Gasteiger partial charge in [-0.1, -0.05) is 38.7 Å². The highest BCUT2D eigenvalue weighted by Gasteiger charge is 2.03. The van der Waals surface area contributed by atoms with Crippen LogP contribution in [0.2, 0.25) is 0 Å². The Balaban J connectivity index is 0. The molecule has 4 heteroatoms. The predicted octanol–water partition coefficient (Wildman–Crippen LogP) is 1.95. The van der Waals surface area contributed by atoms with Gasteiger partial charge in [0.2, 0.25) is 10.0 Å². The number of sulfonamides is 1. The number of allylic oxidation sites excluding steroid dienone is 3. The molecule has 0 unspecified atom stereocenters. The summed E-state index contributed by atoms with van der Waals surface area (Å²) in [4.78, 5) is -0.111. The first kappa shape index (κ1) is 14.6. The predicted molar refractivity (Wildman–Crippen MR) is 57.5 cm³/mol. The van der Waals surface area contributed by atoms with Gasteiger partial charge in [0.15, 0.2) is 0 Å². The lowest BCUT2D eigenvalue weighted by molar-refractivity contribution is 0.604. The second-order valence-electron chi connectivity index (χ2n) is 2.19. The van der Waals surface area contributed by atoms with Crippen LogP contribution in [0, 0.1) is 0 Å². The van der Waals surface area contributed by atoms with Crippen LogP contribution in [0.25, 0.3) is 0 Å². The summed E-state index contributed by atoms with van der Waals surface area (Å²) in [6.07, 6.45) is 2.85. The maximum atomic E-state index is 10.5. The molecule has 0 fully saturated rings. The van der Waals surface area contributed by atoms with Crippen molar-refractivity contribution >= 4 is 10.0 Å². The minimum absolute atomic E-state index is 0.111. The zero-order valence-corrected chi connectivity index (χ0v) is 9.19. The fourth-order valence-electron chi connectivity index (χ4n) is 0.330. The van der Waals surface area contributed by atoms with E-state index in [1.165, 1.54) is 12.2 Å². The van der Waals surface area contributed by atoms with Gasteiger partial charge in [-0.3, -0.25) is 0 Å². The Hall–Kier alpha value is -0.870. The van der Waals surface area contributed by atoms with Crippen molar-refractivity contribution < 1.29 is 8.42 Å². The SMILES string of the molecule is C=C(C)/C=C\C(=C)S(N)(=O)=O.CC. The third-order valence-corrected chi connectivity index (χ3v) is 1.79. The molecular weight excluding hydrogens is 186 g/mol. The number of rotatable bonds is 3. The highest BCUT2D eigenvalue weighted by Crippen LogP contribution is 2.01. The van der Waals surface area contributed by atoms with Crippen LogP contribution in [-0.4, -0.2) is 8.42 Å². The molecule has 0 aliphatic heterocycles. The summed E-state index contributed by atoms with van der Waals surface area (Å²) in [5, 5.41) is 4.76. The van der Waals surface area contributed by atoms with Crippen LogP contribution in [-0.2, 0) is 10.0 Å². The Morgan fingerprint density at radius 3 is 1.85 bits per heavy atom. The second-order valence-corrected chi connectivity index (χ2v) is 3.81. The van der Waals surface area contributed by atoms with Crippen molar-refractivity contribution in [2.45, 2.75) is 20.8 Å². The van der Waals surface area contributed by atoms with Crippen LogP contribution in [0.5, 0.6) is 0 Å².